The fraction of sp³-hybridized carbons (Fsp3) is 0.235. The lowest BCUT2D eigenvalue weighted by molar-refractivity contribution is -0.116. The van der Waals surface area contributed by atoms with Crippen molar-refractivity contribution >= 4 is 29.3 Å². The minimum absolute atomic E-state index is 0.0673. The number of amides is 5. The number of anilines is 2. The van der Waals surface area contributed by atoms with Gasteiger partial charge in [-0.3, -0.25) is 14.6 Å². The molecule has 0 bridgehead atoms. The first-order valence-electron chi connectivity index (χ1n) is 8.12. The normalized spacial score (nSPS) is 16.1. The molecule has 0 fully saturated rings. The molecule has 1 aromatic rings. The molecule has 1 aromatic carbocycles. The van der Waals surface area contributed by atoms with Crippen molar-refractivity contribution in [2.45, 2.75) is 0 Å². The van der Waals surface area contributed by atoms with Gasteiger partial charge in [-0.15, -0.1) is 0 Å². The summed E-state index contributed by atoms with van der Waals surface area (Å²) in [6.07, 6.45) is 6.31. The van der Waals surface area contributed by atoms with Gasteiger partial charge in [0, 0.05) is 37.2 Å². The Bertz CT molecular complexity index is 839. The standard InChI is InChI=1S/C17H18FN5O4/c1-27-13-9-11(21-14(24)10-22-6-2-4-19-16(22)25)8-12(18)15(13)23-7-3-5-20-17(23)26/h2-3,6-9H,4-5,10H2,1H3,(H,19,25)(H,20,26)(H,21,24). The van der Waals surface area contributed by atoms with Crippen molar-refractivity contribution in [3.8, 4) is 5.75 Å². The second kappa shape index (κ2) is 7.77. The number of hydrogen-bond acceptors (Lipinski definition) is 4. The molecular formula is C17H18FN5O4. The first kappa shape index (κ1) is 18.2. The monoisotopic (exact) mass is 375 g/mol. The number of nitrogens with zero attached hydrogens (tertiary/aromatic N) is 2. The van der Waals surface area contributed by atoms with E-state index >= 15 is 0 Å². The van der Waals surface area contributed by atoms with Crippen LogP contribution in [0, 0.1) is 5.82 Å². The third-order valence-electron chi connectivity index (χ3n) is 3.85. The Morgan fingerprint density at radius 1 is 1.19 bits per heavy atom. The molecule has 0 unspecified atom stereocenters. The van der Waals surface area contributed by atoms with E-state index in [4.69, 9.17) is 4.74 Å². The molecule has 0 aromatic heterocycles. The van der Waals surface area contributed by atoms with Crippen molar-refractivity contribution in [3.05, 3.63) is 42.5 Å². The molecule has 0 atom stereocenters. The summed E-state index contributed by atoms with van der Waals surface area (Å²) >= 11 is 0. The highest BCUT2D eigenvalue weighted by atomic mass is 19.1. The quantitative estimate of drug-likeness (QED) is 0.723. The fourth-order valence-corrected chi connectivity index (χ4v) is 2.64. The number of benzene rings is 1. The fourth-order valence-electron chi connectivity index (χ4n) is 2.64. The van der Waals surface area contributed by atoms with E-state index in [0.29, 0.717) is 13.1 Å². The minimum Gasteiger partial charge on any atom is -0.494 e. The van der Waals surface area contributed by atoms with Crippen LogP contribution >= 0.6 is 0 Å². The van der Waals surface area contributed by atoms with Crippen LogP contribution in [0.5, 0.6) is 5.75 Å². The van der Waals surface area contributed by atoms with Crippen LogP contribution in [-0.2, 0) is 4.79 Å². The van der Waals surface area contributed by atoms with Gasteiger partial charge in [-0.1, -0.05) is 0 Å². The number of ether oxygens (including phenoxy) is 1. The first-order chi connectivity index (χ1) is 13.0. The van der Waals surface area contributed by atoms with E-state index in [2.05, 4.69) is 16.0 Å². The van der Waals surface area contributed by atoms with Gasteiger partial charge in [-0.05, 0) is 18.2 Å². The van der Waals surface area contributed by atoms with Gasteiger partial charge < -0.3 is 20.7 Å². The Balaban J connectivity index is 1.79. The third kappa shape index (κ3) is 4.00. The Morgan fingerprint density at radius 3 is 2.56 bits per heavy atom. The maximum Gasteiger partial charge on any atom is 0.326 e. The lowest BCUT2D eigenvalue weighted by atomic mass is 10.2. The average molecular weight is 375 g/mol. The van der Waals surface area contributed by atoms with Crippen LogP contribution < -0.4 is 25.6 Å². The molecule has 142 valence electrons. The number of hydrogen-bond donors (Lipinski definition) is 3. The van der Waals surface area contributed by atoms with Crippen LogP contribution in [0.25, 0.3) is 0 Å². The molecule has 2 aliphatic heterocycles. The summed E-state index contributed by atoms with van der Waals surface area (Å²) in [5.74, 6) is -1.19. The zero-order valence-electron chi connectivity index (χ0n) is 14.5. The topological polar surface area (TPSA) is 103 Å². The molecule has 5 amide bonds. The number of nitrogens with one attached hydrogen (secondary N) is 3. The summed E-state index contributed by atoms with van der Waals surface area (Å²) in [4.78, 5) is 38.0. The number of methoxy groups -OCH3 is 1. The van der Waals surface area contributed by atoms with E-state index in [9.17, 15) is 18.8 Å². The lowest BCUT2D eigenvalue weighted by Crippen LogP contribution is -2.43. The summed E-state index contributed by atoms with van der Waals surface area (Å²) in [6.45, 7) is 0.524. The maximum absolute atomic E-state index is 14.7. The minimum atomic E-state index is -0.748. The molecule has 0 saturated carbocycles. The second-order valence-electron chi connectivity index (χ2n) is 5.70. The zero-order valence-corrected chi connectivity index (χ0v) is 14.5. The summed E-state index contributed by atoms with van der Waals surface area (Å²) in [7, 11) is 1.33. The van der Waals surface area contributed by atoms with E-state index < -0.39 is 23.8 Å². The highest BCUT2D eigenvalue weighted by Gasteiger charge is 2.24. The molecule has 0 aliphatic carbocycles. The Kier molecular flexibility index (Phi) is 5.25. The molecule has 3 N–H and O–H groups in total. The summed E-state index contributed by atoms with van der Waals surface area (Å²) in [5, 5.41) is 7.65. The number of halogens is 1. The van der Waals surface area contributed by atoms with Crippen LogP contribution in [-0.4, -0.2) is 49.6 Å². The largest absolute Gasteiger partial charge is 0.494 e. The van der Waals surface area contributed by atoms with Crippen LogP contribution in [0.2, 0.25) is 0 Å². The molecule has 0 spiro atoms. The van der Waals surface area contributed by atoms with Gasteiger partial charge in [0.15, 0.2) is 5.82 Å². The van der Waals surface area contributed by atoms with Gasteiger partial charge in [0.25, 0.3) is 0 Å². The van der Waals surface area contributed by atoms with Crippen LogP contribution in [0.3, 0.4) is 0 Å². The zero-order chi connectivity index (χ0) is 19.4. The van der Waals surface area contributed by atoms with E-state index in [1.54, 1.807) is 12.2 Å². The summed E-state index contributed by atoms with van der Waals surface area (Å²) in [5.41, 5.74) is 0.0724. The van der Waals surface area contributed by atoms with E-state index in [1.807, 2.05) is 0 Å². The molecular weight excluding hydrogens is 357 g/mol. The van der Waals surface area contributed by atoms with Crippen molar-refractivity contribution in [2.75, 3.05) is 37.0 Å². The molecule has 0 saturated heterocycles. The van der Waals surface area contributed by atoms with Gasteiger partial charge in [0.1, 0.15) is 18.0 Å². The lowest BCUT2D eigenvalue weighted by Gasteiger charge is -2.25. The number of carbonyl (C=O) groups is 3. The van der Waals surface area contributed by atoms with Gasteiger partial charge >= 0.3 is 12.1 Å². The predicted octanol–water partition coefficient (Wildman–Crippen LogP) is 1.35. The van der Waals surface area contributed by atoms with Gasteiger partial charge in [0.2, 0.25) is 5.91 Å². The highest BCUT2D eigenvalue weighted by molar-refractivity contribution is 5.98. The molecule has 27 heavy (non-hydrogen) atoms. The number of carbonyl (C=O) groups excluding carboxylic acids is 3. The van der Waals surface area contributed by atoms with Gasteiger partial charge in [0.05, 0.1) is 7.11 Å². The van der Waals surface area contributed by atoms with Gasteiger partial charge in [-0.2, -0.15) is 0 Å². The number of rotatable bonds is 5. The molecule has 10 heteroatoms. The van der Waals surface area contributed by atoms with Crippen molar-refractivity contribution in [1.82, 2.24) is 15.5 Å². The molecule has 3 rings (SSSR count). The van der Waals surface area contributed by atoms with Crippen molar-refractivity contribution < 1.29 is 23.5 Å². The van der Waals surface area contributed by atoms with Crippen molar-refractivity contribution in [3.63, 3.8) is 0 Å². The second-order valence-corrected chi connectivity index (χ2v) is 5.70. The smallest absolute Gasteiger partial charge is 0.326 e. The highest BCUT2D eigenvalue weighted by Crippen LogP contribution is 2.35. The Labute approximate surface area is 154 Å². The Hall–Kier alpha value is -3.56. The van der Waals surface area contributed by atoms with Crippen molar-refractivity contribution in [1.29, 1.82) is 0 Å². The van der Waals surface area contributed by atoms with Crippen LogP contribution in [0.4, 0.5) is 25.4 Å². The predicted molar refractivity (Wildman–Crippen MR) is 95.8 cm³/mol. The van der Waals surface area contributed by atoms with Crippen molar-refractivity contribution in [2.24, 2.45) is 0 Å². The van der Waals surface area contributed by atoms with Crippen LogP contribution in [0.1, 0.15) is 0 Å². The number of urea groups is 2. The van der Waals surface area contributed by atoms with E-state index in [1.165, 1.54) is 30.5 Å². The average Bonchev–Trinajstić information content (AvgIpc) is 2.64. The van der Waals surface area contributed by atoms with E-state index in [-0.39, 0.29) is 23.7 Å². The molecule has 9 nitrogen and oxygen atoms in total. The van der Waals surface area contributed by atoms with Crippen LogP contribution in [0.15, 0.2) is 36.7 Å². The molecule has 2 aliphatic rings. The molecule has 0 radical (unpaired) electrons. The summed E-state index contributed by atoms with van der Waals surface area (Å²) in [6, 6.07) is 1.60. The SMILES string of the molecule is COc1cc(NC(=O)CN2C=CCNC2=O)cc(F)c1N1C=CCNC1=O. The maximum atomic E-state index is 14.7. The summed E-state index contributed by atoms with van der Waals surface area (Å²) < 4.78 is 19.8. The first-order valence-corrected chi connectivity index (χ1v) is 8.12. The Morgan fingerprint density at radius 2 is 1.89 bits per heavy atom. The van der Waals surface area contributed by atoms with Gasteiger partial charge in [-0.25, -0.2) is 14.0 Å². The molecule has 2 heterocycles. The van der Waals surface area contributed by atoms with E-state index in [0.717, 1.165) is 11.0 Å². The third-order valence-corrected chi connectivity index (χ3v) is 3.85.